The van der Waals surface area contributed by atoms with Crippen LogP contribution in [-0.4, -0.2) is 5.11 Å². The van der Waals surface area contributed by atoms with Crippen LogP contribution in [0.15, 0.2) is 36.1 Å². The number of allylic oxidation sites excluding steroid dienone is 5. The van der Waals surface area contributed by atoms with Crippen LogP contribution >= 0.6 is 12.2 Å². The SMILES string of the molecule is NC(=S)NNC=C1C=CC=C1. The van der Waals surface area contributed by atoms with Crippen LogP contribution in [0.3, 0.4) is 0 Å². The minimum Gasteiger partial charge on any atom is -0.375 e. The van der Waals surface area contributed by atoms with Gasteiger partial charge in [-0.3, -0.25) is 5.43 Å². The molecule has 0 fully saturated rings. The molecule has 0 spiro atoms. The quantitative estimate of drug-likeness (QED) is 0.410. The Morgan fingerprint density at radius 3 is 2.64 bits per heavy atom. The van der Waals surface area contributed by atoms with Gasteiger partial charge < -0.3 is 11.2 Å². The van der Waals surface area contributed by atoms with E-state index in [-0.39, 0.29) is 5.11 Å². The second-order valence-electron chi connectivity index (χ2n) is 2.00. The first-order valence-electron chi connectivity index (χ1n) is 3.15. The first-order chi connectivity index (χ1) is 5.29. The van der Waals surface area contributed by atoms with Gasteiger partial charge in [0.05, 0.1) is 0 Å². The molecule has 0 aromatic carbocycles. The van der Waals surface area contributed by atoms with Gasteiger partial charge in [-0.2, -0.15) is 0 Å². The maximum absolute atomic E-state index is 5.17. The number of thiocarbonyl (C=S) groups is 1. The summed E-state index contributed by atoms with van der Waals surface area (Å²) < 4.78 is 0. The number of nitrogens with one attached hydrogen (secondary N) is 2. The van der Waals surface area contributed by atoms with E-state index in [2.05, 4.69) is 23.1 Å². The van der Waals surface area contributed by atoms with E-state index >= 15 is 0 Å². The Morgan fingerprint density at radius 2 is 2.09 bits per heavy atom. The monoisotopic (exact) mass is 167 g/mol. The molecule has 4 heteroatoms. The molecular formula is C7H9N3S. The Kier molecular flexibility index (Phi) is 2.68. The van der Waals surface area contributed by atoms with Gasteiger partial charge in [0.1, 0.15) is 0 Å². The van der Waals surface area contributed by atoms with Gasteiger partial charge in [0, 0.05) is 6.20 Å². The van der Waals surface area contributed by atoms with Gasteiger partial charge in [-0.05, 0) is 17.8 Å². The molecular weight excluding hydrogens is 158 g/mol. The average Bonchev–Trinajstić information content (AvgIpc) is 2.39. The fourth-order valence-corrected chi connectivity index (χ4v) is 0.735. The lowest BCUT2D eigenvalue weighted by molar-refractivity contribution is 0.820. The van der Waals surface area contributed by atoms with Crippen molar-refractivity contribution < 1.29 is 0 Å². The van der Waals surface area contributed by atoms with E-state index in [4.69, 9.17) is 5.73 Å². The minimum atomic E-state index is 0.229. The zero-order valence-corrected chi connectivity index (χ0v) is 6.69. The third-order valence-corrected chi connectivity index (χ3v) is 1.22. The molecule has 0 atom stereocenters. The molecule has 1 aliphatic carbocycles. The molecule has 4 N–H and O–H groups in total. The molecule has 1 aliphatic rings. The summed E-state index contributed by atoms with van der Waals surface area (Å²) in [7, 11) is 0. The van der Waals surface area contributed by atoms with Gasteiger partial charge in [0.25, 0.3) is 0 Å². The smallest absolute Gasteiger partial charge is 0.182 e. The second kappa shape index (κ2) is 3.78. The van der Waals surface area contributed by atoms with Crippen molar-refractivity contribution in [2.24, 2.45) is 5.73 Å². The molecule has 0 saturated carbocycles. The number of nitrogens with two attached hydrogens (primary N) is 1. The molecule has 58 valence electrons. The van der Waals surface area contributed by atoms with E-state index in [1.54, 1.807) is 6.20 Å². The Morgan fingerprint density at radius 1 is 1.45 bits per heavy atom. The summed E-state index contributed by atoms with van der Waals surface area (Å²) >= 11 is 4.57. The predicted octanol–water partition coefficient (Wildman–Crippen LogP) is 0.334. The zero-order chi connectivity index (χ0) is 8.10. The van der Waals surface area contributed by atoms with Crippen LogP contribution in [-0.2, 0) is 0 Å². The predicted molar refractivity (Wildman–Crippen MR) is 49.4 cm³/mol. The van der Waals surface area contributed by atoms with Crippen molar-refractivity contribution in [1.82, 2.24) is 10.9 Å². The highest BCUT2D eigenvalue weighted by atomic mass is 32.1. The molecule has 0 saturated heterocycles. The summed E-state index contributed by atoms with van der Waals surface area (Å²) in [5, 5.41) is 0.229. The van der Waals surface area contributed by atoms with Crippen molar-refractivity contribution in [3.8, 4) is 0 Å². The highest BCUT2D eigenvalue weighted by Gasteiger charge is 1.88. The first kappa shape index (κ1) is 7.81. The van der Waals surface area contributed by atoms with Crippen LogP contribution in [0.25, 0.3) is 0 Å². The molecule has 0 bridgehead atoms. The van der Waals surface area contributed by atoms with E-state index in [0.717, 1.165) is 5.57 Å². The van der Waals surface area contributed by atoms with Crippen LogP contribution in [0.4, 0.5) is 0 Å². The second-order valence-corrected chi connectivity index (χ2v) is 2.44. The van der Waals surface area contributed by atoms with Crippen molar-refractivity contribution in [3.63, 3.8) is 0 Å². The fraction of sp³-hybridized carbons (Fsp3) is 0. The van der Waals surface area contributed by atoms with Crippen LogP contribution in [0.1, 0.15) is 0 Å². The van der Waals surface area contributed by atoms with Gasteiger partial charge >= 0.3 is 0 Å². The highest BCUT2D eigenvalue weighted by Crippen LogP contribution is 2.04. The Bertz CT molecular complexity index is 226. The zero-order valence-electron chi connectivity index (χ0n) is 5.87. The molecule has 0 heterocycles. The normalized spacial score (nSPS) is 13.3. The summed E-state index contributed by atoms with van der Waals surface area (Å²) in [4.78, 5) is 0. The van der Waals surface area contributed by atoms with Crippen molar-refractivity contribution in [3.05, 3.63) is 36.1 Å². The number of hydrogen-bond acceptors (Lipinski definition) is 2. The summed E-state index contributed by atoms with van der Waals surface area (Å²) in [6, 6.07) is 0. The Labute approximate surface area is 70.6 Å². The average molecular weight is 167 g/mol. The summed E-state index contributed by atoms with van der Waals surface area (Å²) in [6.45, 7) is 0. The third kappa shape index (κ3) is 2.86. The van der Waals surface area contributed by atoms with Crippen LogP contribution in [0.2, 0.25) is 0 Å². The van der Waals surface area contributed by atoms with Crippen molar-refractivity contribution in [2.75, 3.05) is 0 Å². The maximum atomic E-state index is 5.17. The number of hydrazine groups is 1. The third-order valence-electron chi connectivity index (χ3n) is 1.12. The minimum absolute atomic E-state index is 0.229. The fourth-order valence-electron chi connectivity index (χ4n) is 0.676. The van der Waals surface area contributed by atoms with Crippen molar-refractivity contribution in [1.29, 1.82) is 0 Å². The molecule has 0 aromatic rings. The summed E-state index contributed by atoms with van der Waals surface area (Å²) in [5.41, 5.74) is 11.6. The van der Waals surface area contributed by atoms with Crippen LogP contribution in [0.5, 0.6) is 0 Å². The van der Waals surface area contributed by atoms with E-state index in [1.165, 1.54) is 0 Å². The highest BCUT2D eigenvalue weighted by molar-refractivity contribution is 7.80. The van der Waals surface area contributed by atoms with E-state index in [0.29, 0.717) is 0 Å². The molecule has 3 nitrogen and oxygen atoms in total. The van der Waals surface area contributed by atoms with Crippen molar-refractivity contribution in [2.45, 2.75) is 0 Å². The van der Waals surface area contributed by atoms with Crippen LogP contribution < -0.4 is 16.6 Å². The topological polar surface area (TPSA) is 50.1 Å². The lowest BCUT2D eigenvalue weighted by Gasteiger charge is -2.01. The largest absolute Gasteiger partial charge is 0.375 e. The molecule has 0 aromatic heterocycles. The van der Waals surface area contributed by atoms with Gasteiger partial charge in [-0.1, -0.05) is 24.3 Å². The molecule has 0 unspecified atom stereocenters. The lowest BCUT2D eigenvalue weighted by atomic mass is 10.3. The van der Waals surface area contributed by atoms with Crippen LogP contribution in [0, 0.1) is 0 Å². The molecule has 0 amide bonds. The standard InChI is InChI=1S/C7H9N3S/c8-7(11)10-9-5-6-3-1-2-4-6/h1-5,9H,(H3,8,10,11). The summed E-state index contributed by atoms with van der Waals surface area (Å²) in [5.74, 6) is 0. The Hall–Kier alpha value is -1.29. The van der Waals surface area contributed by atoms with Crippen molar-refractivity contribution >= 4 is 17.3 Å². The number of rotatable bonds is 2. The number of hydrogen-bond donors (Lipinski definition) is 3. The van der Waals surface area contributed by atoms with E-state index < -0.39 is 0 Å². The van der Waals surface area contributed by atoms with Gasteiger partial charge in [-0.25, -0.2) is 0 Å². The molecule has 1 rings (SSSR count). The molecule has 0 radical (unpaired) electrons. The van der Waals surface area contributed by atoms with E-state index in [1.807, 2.05) is 24.3 Å². The first-order valence-corrected chi connectivity index (χ1v) is 3.56. The molecule has 11 heavy (non-hydrogen) atoms. The van der Waals surface area contributed by atoms with Gasteiger partial charge in [0.2, 0.25) is 0 Å². The Balaban J connectivity index is 2.30. The van der Waals surface area contributed by atoms with E-state index in [9.17, 15) is 0 Å². The van der Waals surface area contributed by atoms with Gasteiger partial charge in [0.15, 0.2) is 5.11 Å². The summed E-state index contributed by atoms with van der Waals surface area (Å²) in [6.07, 6.45) is 9.62. The molecule has 0 aliphatic heterocycles. The maximum Gasteiger partial charge on any atom is 0.182 e. The lowest BCUT2D eigenvalue weighted by Crippen LogP contribution is -2.37. The van der Waals surface area contributed by atoms with Gasteiger partial charge in [-0.15, -0.1) is 0 Å².